The molecule has 6 heteroatoms. The first-order valence-corrected chi connectivity index (χ1v) is 7.35. The summed E-state index contributed by atoms with van der Waals surface area (Å²) in [6, 6.07) is 12.9. The molecule has 1 N–H and O–H groups in total. The lowest BCUT2D eigenvalue weighted by atomic mass is 10.1. The summed E-state index contributed by atoms with van der Waals surface area (Å²) in [7, 11) is 3.32. The lowest BCUT2D eigenvalue weighted by Crippen LogP contribution is -2.00. The number of hydrogen-bond acceptors (Lipinski definition) is 5. The van der Waals surface area contributed by atoms with Gasteiger partial charge in [0.05, 0.1) is 12.0 Å². The number of rotatable bonds is 6. The first kappa shape index (κ1) is 15.2. The van der Waals surface area contributed by atoms with Crippen LogP contribution in [-0.2, 0) is 5.75 Å². The number of hydrogen-bond donors (Lipinski definition) is 1. The molecule has 0 amide bonds. The fourth-order valence-corrected chi connectivity index (χ4v) is 2.94. The third-order valence-corrected chi connectivity index (χ3v) is 4.05. The molecular formula is C15H16N2O3S. The van der Waals surface area contributed by atoms with Crippen LogP contribution in [0.4, 0.5) is 11.4 Å². The first-order chi connectivity index (χ1) is 10.2. The number of nitrogens with zero attached hydrogens (tertiary/aromatic N) is 1. The van der Waals surface area contributed by atoms with Gasteiger partial charge in [0.15, 0.2) is 0 Å². The van der Waals surface area contributed by atoms with Crippen molar-refractivity contribution in [2.24, 2.45) is 0 Å². The van der Waals surface area contributed by atoms with E-state index in [0.29, 0.717) is 11.4 Å². The Labute approximate surface area is 127 Å². The highest BCUT2D eigenvalue weighted by atomic mass is 32.2. The Kier molecular flexibility index (Phi) is 5.05. The number of ether oxygens (including phenoxy) is 1. The van der Waals surface area contributed by atoms with E-state index in [4.69, 9.17) is 4.74 Å². The molecule has 0 aliphatic carbocycles. The Morgan fingerprint density at radius 3 is 2.71 bits per heavy atom. The summed E-state index contributed by atoms with van der Waals surface area (Å²) in [6.07, 6.45) is 0. The maximum Gasteiger partial charge on any atom is 0.292 e. The van der Waals surface area contributed by atoms with Gasteiger partial charge < -0.3 is 10.1 Å². The van der Waals surface area contributed by atoms with E-state index < -0.39 is 0 Å². The van der Waals surface area contributed by atoms with Crippen molar-refractivity contribution in [3.05, 3.63) is 58.1 Å². The molecule has 2 aromatic rings. The standard InChI is InChI=1S/C15H16N2O3S/c1-16-15-11(5-3-8-14(15)17(18)19)10-21-13-7-4-6-12(9-13)20-2/h3-9,16H,10H2,1-2H3. The Balaban J connectivity index is 2.19. The van der Waals surface area contributed by atoms with Crippen LogP contribution in [0.15, 0.2) is 47.4 Å². The van der Waals surface area contributed by atoms with Gasteiger partial charge in [-0.05, 0) is 23.8 Å². The minimum absolute atomic E-state index is 0.0984. The normalized spacial score (nSPS) is 10.2. The minimum atomic E-state index is -0.369. The molecule has 0 saturated carbocycles. The van der Waals surface area contributed by atoms with Gasteiger partial charge in [-0.15, -0.1) is 11.8 Å². The average molecular weight is 304 g/mol. The summed E-state index contributed by atoms with van der Waals surface area (Å²) in [4.78, 5) is 11.7. The van der Waals surface area contributed by atoms with Gasteiger partial charge in [0.25, 0.3) is 5.69 Å². The smallest absolute Gasteiger partial charge is 0.292 e. The van der Waals surface area contributed by atoms with Crippen LogP contribution < -0.4 is 10.1 Å². The number of benzene rings is 2. The van der Waals surface area contributed by atoms with Crippen molar-refractivity contribution < 1.29 is 9.66 Å². The molecule has 0 aliphatic heterocycles. The molecule has 0 aromatic heterocycles. The summed E-state index contributed by atoms with van der Waals surface area (Å²) < 4.78 is 5.19. The van der Waals surface area contributed by atoms with Crippen LogP contribution >= 0.6 is 11.8 Å². The van der Waals surface area contributed by atoms with Crippen molar-refractivity contribution in [1.29, 1.82) is 0 Å². The van der Waals surface area contributed by atoms with Crippen molar-refractivity contribution in [2.75, 3.05) is 19.5 Å². The molecule has 0 saturated heterocycles. The first-order valence-electron chi connectivity index (χ1n) is 6.36. The third kappa shape index (κ3) is 3.66. The quantitative estimate of drug-likeness (QED) is 0.497. The number of nitro benzene ring substituents is 1. The van der Waals surface area contributed by atoms with Crippen LogP contribution in [0.2, 0.25) is 0 Å². The Morgan fingerprint density at radius 2 is 2.05 bits per heavy atom. The highest BCUT2D eigenvalue weighted by molar-refractivity contribution is 7.98. The fourth-order valence-electron chi connectivity index (χ4n) is 2.00. The average Bonchev–Trinajstić information content (AvgIpc) is 2.52. The van der Waals surface area contributed by atoms with Crippen LogP contribution in [0.1, 0.15) is 5.56 Å². The zero-order chi connectivity index (χ0) is 15.2. The molecule has 0 aliphatic rings. The van der Waals surface area contributed by atoms with Crippen LogP contribution in [0.5, 0.6) is 5.75 Å². The molecule has 2 aromatic carbocycles. The summed E-state index contributed by atoms with van der Waals surface area (Å²) in [5, 5.41) is 14.0. The zero-order valence-corrected chi connectivity index (χ0v) is 12.6. The second-order valence-electron chi connectivity index (χ2n) is 4.29. The van der Waals surface area contributed by atoms with Crippen molar-refractivity contribution >= 4 is 23.1 Å². The van der Waals surface area contributed by atoms with E-state index >= 15 is 0 Å². The molecule has 0 bridgehead atoms. The molecule has 0 heterocycles. The van der Waals surface area contributed by atoms with Gasteiger partial charge in [-0.25, -0.2) is 0 Å². The van der Waals surface area contributed by atoms with Gasteiger partial charge in [-0.3, -0.25) is 10.1 Å². The van der Waals surface area contributed by atoms with Gasteiger partial charge in [-0.2, -0.15) is 0 Å². The van der Waals surface area contributed by atoms with E-state index in [1.807, 2.05) is 30.3 Å². The molecule has 110 valence electrons. The molecule has 0 radical (unpaired) electrons. The highest BCUT2D eigenvalue weighted by Crippen LogP contribution is 2.33. The zero-order valence-electron chi connectivity index (χ0n) is 11.8. The molecule has 0 spiro atoms. The molecule has 0 unspecified atom stereocenters. The molecule has 0 fully saturated rings. The van der Waals surface area contributed by atoms with E-state index in [1.165, 1.54) is 6.07 Å². The maximum absolute atomic E-state index is 11.0. The van der Waals surface area contributed by atoms with Crippen LogP contribution in [0, 0.1) is 10.1 Å². The monoisotopic (exact) mass is 304 g/mol. The van der Waals surface area contributed by atoms with Gasteiger partial charge in [0, 0.05) is 23.8 Å². The number of methoxy groups -OCH3 is 1. The predicted molar refractivity (Wildman–Crippen MR) is 85.2 cm³/mol. The number of para-hydroxylation sites is 1. The number of nitro groups is 1. The van der Waals surface area contributed by atoms with E-state index in [0.717, 1.165) is 16.2 Å². The van der Waals surface area contributed by atoms with E-state index in [9.17, 15) is 10.1 Å². The van der Waals surface area contributed by atoms with Crippen molar-refractivity contribution in [3.63, 3.8) is 0 Å². The predicted octanol–water partition coefficient (Wildman–Crippen LogP) is 3.94. The fraction of sp³-hybridized carbons (Fsp3) is 0.200. The number of nitrogens with one attached hydrogen (secondary N) is 1. The molecule has 2 rings (SSSR count). The molecular weight excluding hydrogens is 288 g/mol. The molecule has 21 heavy (non-hydrogen) atoms. The van der Waals surface area contributed by atoms with Crippen LogP contribution in [-0.4, -0.2) is 19.1 Å². The highest BCUT2D eigenvalue weighted by Gasteiger charge is 2.16. The van der Waals surface area contributed by atoms with Crippen LogP contribution in [0.25, 0.3) is 0 Å². The second-order valence-corrected chi connectivity index (χ2v) is 5.33. The Morgan fingerprint density at radius 1 is 1.29 bits per heavy atom. The van der Waals surface area contributed by atoms with Crippen LogP contribution in [0.3, 0.4) is 0 Å². The van der Waals surface area contributed by atoms with Crippen molar-refractivity contribution in [1.82, 2.24) is 0 Å². The summed E-state index contributed by atoms with van der Waals surface area (Å²) >= 11 is 1.61. The number of thioether (sulfide) groups is 1. The Hall–Kier alpha value is -2.21. The molecule has 0 atom stereocenters. The number of anilines is 1. The second kappa shape index (κ2) is 6.99. The van der Waals surface area contributed by atoms with Gasteiger partial charge in [0.2, 0.25) is 0 Å². The van der Waals surface area contributed by atoms with Gasteiger partial charge in [0.1, 0.15) is 11.4 Å². The van der Waals surface area contributed by atoms with E-state index in [-0.39, 0.29) is 10.6 Å². The summed E-state index contributed by atoms with van der Waals surface area (Å²) in [6.45, 7) is 0. The van der Waals surface area contributed by atoms with E-state index in [1.54, 1.807) is 32.0 Å². The minimum Gasteiger partial charge on any atom is -0.497 e. The van der Waals surface area contributed by atoms with E-state index in [2.05, 4.69) is 5.32 Å². The maximum atomic E-state index is 11.0. The van der Waals surface area contributed by atoms with Gasteiger partial charge >= 0.3 is 0 Å². The SMILES string of the molecule is CNc1c(CSc2cccc(OC)c2)cccc1[N+](=O)[O-]. The molecule has 5 nitrogen and oxygen atoms in total. The van der Waals surface area contributed by atoms with Gasteiger partial charge in [-0.1, -0.05) is 18.2 Å². The van der Waals surface area contributed by atoms with Crippen molar-refractivity contribution in [3.8, 4) is 5.75 Å². The summed E-state index contributed by atoms with van der Waals surface area (Å²) in [5.74, 6) is 1.44. The lowest BCUT2D eigenvalue weighted by molar-refractivity contribution is -0.384. The lowest BCUT2D eigenvalue weighted by Gasteiger charge is -2.09. The largest absolute Gasteiger partial charge is 0.497 e. The topological polar surface area (TPSA) is 64.4 Å². The van der Waals surface area contributed by atoms with Crippen molar-refractivity contribution in [2.45, 2.75) is 10.6 Å². The summed E-state index contributed by atoms with van der Waals surface area (Å²) in [5.41, 5.74) is 1.57. The Bertz CT molecular complexity index is 647. The third-order valence-electron chi connectivity index (χ3n) is 3.01.